The van der Waals surface area contributed by atoms with E-state index in [1.807, 2.05) is 24.3 Å². The summed E-state index contributed by atoms with van der Waals surface area (Å²) in [4.78, 5) is 17.7. The van der Waals surface area contributed by atoms with Crippen molar-refractivity contribution < 1.29 is 9.90 Å². The van der Waals surface area contributed by atoms with Crippen LogP contribution in [0, 0.1) is 0 Å². The number of thiocarbonyl (C=S) groups is 1. The summed E-state index contributed by atoms with van der Waals surface area (Å²) in [6.45, 7) is 0. The van der Waals surface area contributed by atoms with Gasteiger partial charge in [0, 0.05) is 10.0 Å². The molecule has 1 aliphatic rings. The fraction of sp³-hybridized carbons (Fsp3) is 0. The number of benzene rings is 2. The van der Waals surface area contributed by atoms with E-state index in [1.54, 1.807) is 18.2 Å². The molecule has 5 nitrogen and oxygen atoms in total. The first kappa shape index (κ1) is 18.9. The molecule has 27 heavy (non-hydrogen) atoms. The van der Waals surface area contributed by atoms with Gasteiger partial charge in [-0.25, -0.2) is 4.98 Å². The number of fused-ring (bicyclic) bond motifs is 1. The first-order valence-corrected chi connectivity index (χ1v) is 11.1. The Morgan fingerprint density at radius 1 is 1.26 bits per heavy atom. The summed E-state index contributed by atoms with van der Waals surface area (Å²) in [7, 11) is 0. The predicted octanol–water partition coefficient (Wildman–Crippen LogP) is 5.76. The van der Waals surface area contributed by atoms with Crippen LogP contribution in [-0.4, -0.2) is 25.3 Å². The molecule has 4 rings (SSSR count). The van der Waals surface area contributed by atoms with E-state index in [4.69, 9.17) is 12.2 Å². The first-order chi connectivity index (χ1) is 12.9. The number of aromatic hydroxyl groups is 1. The molecule has 2 N–H and O–H groups in total. The molecule has 10 heteroatoms. The number of thioether (sulfide) groups is 1. The Kier molecular flexibility index (Phi) is 5.26. The minimum Gasteiger partial charge on any atom is -0.506 e. The Labute approximate surface area is 184 Å². The van der Waals surface area contributed by atoms with Crippen LogP contribution in [-0.2, 0) is 4.79 Å². The van der Waals surface area contributed by atoms with Crippen molar-refractivity contribution in [1.82, 2.24) is 9.99 Å². The summed E-state index contributed by atoms with van der Waals surface area (Å²) in [5.41, 5.74) is 4.36. The van der Waals surface area contributed by atoms with Crippen LogP contribution in [0.5, 0.6) is 5.75 Å². The van der Waals surface area contributed by atoms with Gasteiger partial charge in [0.25, 0.3) is 5.91 Å². The predicted molar refractivity (Wildman–Crippen MR) is 122 cm³/mol. The average molecular weight is 543 g/mol. The lowest BCUT2D eigenvalue weighted by atomic mass is 10.2. The van der Waals surface area contributed by atoms with Gasteiger partial charge in [0.05, 0.1) is 19.6 Å². The van der Waals surface area contributed by atoms with Crippen molar-refractivity contribution in [2.75, 3.05) is 5.43 Å². The standard InChI is InChI=1S/C17H9Br2N3O2S3/c18-9-5-8(14(23)10(19)7-9)6-13-15(24)22(17(25)27-13)21-16-20-11-3-1-2-4-12(11)26-16/h1-7,23H,(H,20,21)/b13-6-. The molecule has 1 saturated heterocycles. The average Bonchev–Trinajstić information content (AvgIpc) is 3.15. The lowest BCUT2D eigenvalue weighted by molar-refractivity contribution is -0.121. The Morgan fingerprint density at radius 2 is 2.04 bits per heavy atom. The third-order valence-corrected chi connectivity index (χ3v) is 6.94. The van der Waals surface area contributed by atoms with Gasteiger partial charge in [-0.1, -0.05) is 51.2 Å². The number of hydrazine groups is 1. The molecule has 0 unspecified atom stereocenters. The summed E-state index contributed by atoms with van der Waals surface area (Å²) in [6, 6.07) is 11.2. The summed E-state index contributed by atoms with van der Waals surface area (Å²) >= 11 is 14.6. The maximum Gasteiger partial charge on any atom is 0.285 e. The van der Waals surface area contributed by atoms with Crippen molar-refractivity contribution in [2.45, 2.75) is 0 Å². The minimum atomic E-state index is -0.292. The number of nitrogens with zero attached hydrogens (tertiary/aromatic N) is 2. The number of thiazole rings is 1. The summed E-state index contributed by atoms with van der Waals surface area (Å²) in [5.74, 6) is -0.234. The Bertz CT molecular complexity index is 1100. The van der Waals surface area contributed by atoms with Crippen LogP contribution in [0.15, 0.2) is 50.2 Å². The quantitative estimate of drug-likeness (QED) is 0.324. The molecule has 0 atom stereocenters. The first-order valence-electron chi connectivity index (χ1n) is 7.50. The van der Waals surface area contributed by atoms with Crippen LogP contribution >= 0.6 is 67.2 Å². The van der Waals surface area contributed by atoms with E-state index < -0.39 is 0 Å². The molecule has 0 aliphatic carbocycles. The summed E-state index contributed by atoms with van der Waals surface area (Å²) < 4.78 is 2.71. The number of phenols is 1. The van der Waals surface area contributed by atoms with Gasteiger partial charge in [0.1, 0.15) is 5.75 Å². The van der Waals surface area contributed by atoms with E-state index in [-0.39, 0.29) is 11.7 Å². The molecule has 1 aliphatic heterocycles. The molecule has 136 valence electrons. The number of aromatic nitrogens is 1. The van der Waals surface area contributed by atoms with Gasteiger partial charge in [-0.2, -0.15) is 5.01 Å². The number of nitrogens with one attached hydrogen (secondary N) is 1. The number of hydrogen-bond donors (Lipinski definition) is 2. The van der Waals surface area contributed by atoms with Crippen LogP contribution in [0.3, 0.4) is 0 Å². The molecule has 1 aromatic heterocycles. The van der Waals surface area contributed by atoms with E-state index in [1.165, 1.54) is 16.3 Å². The number of hydrogen-bond acceptors (Lipinski definition) is 7. The van der Waals surface area contributed by atoms with E-state index in [2.05, 4.69) is 42.3 Å². The van der Waals surface area contributed by atoms with Crippen LogP contribution in [0.25, 0.3) is 16.3 Å². The molecule has 1 amide bonds. The van der Waals surface area contributed by atoms with Crippen LogP contribution in [0.4, 0.5) is 5.13 Å². The molecule has 3 aromatic rings. The normalized spacial score (nSPS) is 15.9. The number of rotatable bonds is 3. The van der Waals surface area contributed by atoms with Crippen molar-refractivity contribution in [3.05, 3.63) is 55.8 Å². The fourth-order valence-corrected chi connectivity index (χ4v) is 5.70. The second-order valence-electron chi connectivity index (χ2n) is 5.44. The number of halogens is 2. The number of para-hydroxylation sites is 1. The molecule has 1 fully saturated rings. The Morgan fingerprint density at radius 3 is 2.81 bits per heavy atom. The number of carbonyl (C=O) groups excluding carboxylic acids is 1. The van der Waals surface area contributed by atoms with Gasteiger partial charge < -0.3 is 5.11 Å². The molecular formula is C17H9Br2N3O2S3. The highest BCUT2D eigenvalue weighted by Crippen LogP contribution is 2.38. The number of carbonyl (C=O) groups is 1. The minimum absolute atomic E-state index is 0.0580. The van der Waals surface area contributed by atoms with Gasteiger partial charge in [-0.15, -0.1) is 0 Å². The highest BCUT2D eigenvalue weighted by molar-refractivity contribution is 9.11. The molecular weight excluding hydrogens is 534 g/mol. The number of phenolic OH excluding ortho intramolecular Hbond substituents is 1. The van der Waals surface area contributed by atoms with Crippen molar-refractivity contribution >= 4 is 98.8 Å². The molecule has 0 radical (unpaired) electrons. The van der Waals surface area contributed by atoms with Gasteiger partial charge in [0.15, 0.2) is 4.32 Å². The SMILES string of the molecule is O=C1/C(=C/c2cc(Br)cc(Br)c2O)SC(=S)N1Nc1nc2ccccc2s1. The fourth-order valence-electron chi connectivity index (χ4n) is 2.42. The second-order valence-corrected chi connectivity index (χ2v) is 9.92. The van der Waals surface area contributed by atoms with Crippen molar-refractivity contribution in [1.29, 1.82) is 0 Å². The van der Waals surface area contributed by atoms with E-state index in [0.717, 1.165) is 26.5 Å². The lowest BCUT2D eigenvalue weighted by Gasteiger charge is -2.14. The third kappa shape index (κ3) is 3.77. The van der Waals surface area contributed by atoms with E-state index >= 15 is 0 Å². The Hall–Kier alpha value is -1.46. The smallest absolute Gasteiger partial charge is 0.285 e. The van der Waals surface area contributed by atoms with Crippen molar-refractivity contribution in [2.24, 2.45) is 0 Å². The van der Waals surface area contributed by atoms with Crippen LogP contribution in [0.1, 0.15) is 5.56 Å². The maximum absolute atomic E-state index is 12.8. The van der Waals surface area contributed by atoms with Gasteiger partial charge in [0.2, 0.25) is 5.13 Å². The second kappa shape index (κ2) is 7.51. The zero-order valence-corrected chi connectivity index (χ0v) is 18.9. The van der Waals surface area contributed by atoms with Crippen LogP contribution < -0.4 is 5.43 Å². The van der Waals surface area contributed by atoms with Crippen molar-refractivity contribution in [3.63, 3.8) is 0 Å². The maximum atomic E-state index is 12.8. The highest BCUT2D eigenvalue weighted by atomic mass is 79.9. The zero-order valence-electron chi connectivity index (χ0n) is 13.3. The number of amides is 1. The molecule has 0 spiro atoms. The Balaban J connectivity index is 1.62. The van der Waals surface area contributed by atoms with Crippen LogP contribution in [0.2, 0.25) is 0 Å². The molecule has 2 heterocycles. The summed E-state index contributed by atoms with van der Waals surface area (Å²) in [5, 5.41) is 12.1. The largest absolute Gasteiger partial charge is 0.506 e. The van der Waals surface area contributed by atoms with E-state index in [9.17, 15) is 9.90 Å². The van der Waals surface area contributed by atoms with Gasteiger partial charge in [-0.05, 0) is 58.5 Å². The third-order valence-electron chi connectivity index (χ3n) is 3.64. The summed E-state index contributed by atoms with van der Waals surface area (Å²) in [6.07, 6.45) is 1.62. The molecule has 2 aromatic carbocycles. The van der Waals surface area contributed by atoms with Crippen molar-refractivity contribution in [3.8, 4) is 5.75 Å². The molecule has 0 saturated carbocycles. The zero-order chi connectivity index (χ0) is 19.1. The topological polar surface area (TPSA) is 65.5 Å². The van der Waals surface area contributed by atoms with Gasteiger partial charge >= 0.3 is 0 Å². The monoisotopic (exact) mass is 541 g/mol. The van der Waals surface area contributed by atoms with Gasteiger partial charge in [-0.3, -0.25) is 10.2 Å². The van der Waals surface area contributed by atoms with E-state index in [0.29, 0.717) is 24.4 Å². The number of anilines is 1. The molecule has 0 bridgehead atoms. The highest BCUT2D eigenvalue weighted by Gasteiger charge is 2.33. The lowest BCUT2D eigenvalue weighted by Crippen LogP contribution is -2.33.